The molecule has 1 aliphatic carbocycles. The summed E-state index contributed by atoms with van der Waals surface area (Å²) in [6.45, 7) is 1.89. The average molecular weight is 488 g/mol. The van der Waals surface area contributed by atoms with Crippen molar-refractivity contribution in [2.75, 3.05) is 5.32 Å². The second-order valence-electron chi connectivity index (χ2n) is 7.55. The third-order valence-electron chi connectivity index (χ3n) is 5.26. The van der Waals surface area contributed by atoms with Crippen LogP contribution in [0.5, 0.6) is 0 Å². The van der Waals surface area contributed by atoms with Gasteiger partial charge in [0, 0.05) is 34.3 Å². The first kappa shape index (κ1) is 19.7. The minimum Gasteiger partial charge on any atom is -0.322 e. The summed E-state index contributed by atoms with van der Waals surface area (Å²) < 4.78 is 28.7. The molecule has 8 nitrogen and oxygen atoms in total. The molecule has 0 saturated heterocycles. The van der Waals surface area contributed by atoms with Gasteiger partial charge in [-0.05, 0) is 35.9 Å². The van der Waals surface area contributed by atoms with Crippen LogP contribution in [-0.2, 0) is 6.54 Å². The van der Waals surface area contributed by atoms with Gasteiger partial charge in [-0.3, -0.25) is 4.79 Å². The van der Waals surface area contributed by atoms with Crippen molar-refractivity contribution in [3.05, 3.63) is 58.3 Å². The van der Waals surface area contributed by atoms with Crippen LogP contribution in [0.2, 0.25) is 0 Å². The lowest BCUT2D eigenvalue weighted by Gasteiger charge is -2.09. The summed E-state index contributed by atoms with van der Waals surface area (Å²) in [4.78, 5) is 14.1. The molecule has 1 saturated carbocycles. The van der Waals surface area contributed by atoms with E-state index in [9.17, 15) is 13.6 Å². The van der Waals surface area contributed by atoms with Crippen molar-refractivity contribution in [1.82, 2.24) is 29.8 Å². The van der Waals surface area contributed by atoms with Crippen LogP contribution < -0.4 is 5.32 Å². The molecule has 1 aliphatic rings. The maximum Gasteiger partial charge on any atom is 0.259 e. The standard InChI is InChI=1S/C20H16BrF2N7O/c1-11-2-3-12(18-26-28-30(27-18)10-13-8-20(13,22)23)6-16(11)25-19(31)15-9-24-29-5-4-14(21)7-17(15)29/h2-7,9,13H,8,10H2,1H3,(H,25,31). The van der Waals surface area contributed by atoms with Crippen molar-refractivity contribution in [3.63, 3.8) is 0 Å². The van der Waals surface area contributed by atoms with Crippen LogP contribution in [0.15, 0.2) is 47.2 Å². The van der Waals surface area contributed by atoms with Crippen LogP contribution in [-0.4, -0.2) is 41.7 Å². The van der Waals surface area contributed by atoms with E-state index in [2.05, 4.69) is 41.8 Å². The van der Waals surface area contributed by atoms with Gasteiger partial charge in [0.15, 0.2) is 0 Å². The highest BCUT2D eigenvalue weighted by atomic mass is 79.9. The molecule has 11 heteroatoms. The molecule has 0 aliphatic heterocycles. The van der Waals surface area contributed by atoms with E-state index < -0.39 is 11.8 Å². The van der Waals surface area contributed by atoms with E-state index in [1.165, 1.54) is 11.0 Å². The molecule has 4 aromatic rings. The fourth-order valence-corrected chi connectivity index (χ4v) is 3.65. The first-order valence-corrected chi connectivity index (χ1v) is 10.3. The quantitative estimate of drug-likeness (QED) is 0.460. The zero-order valence-electron chi connectivity index (χ0n) is 16.3. The van der Waals surface area contributed by atoms with Crippen LogP contribution in [0, 0.1) is 12.8 Å². The monoisotopic (exact) mass is 487 g/mol. The fourth-order valence-electron chi connectivity index (χ4n) is 3.32. The Hall–Kier alpha value is -3.21. The van der Waals surface area contributed by atoms with Gasteiger partial charge in [0.25, 0.3) is 11.8 Å². The zero-order valence-corrected chi connectivity index (χ0v) is 17.8. The molecule has 1 aromatic carbocycles. The molecule has 1 amide bonds. The lowest BCUT2D eigenvalue weighted by molar-refractivity contribution is 0.0929. The highest BCUT2D eigenvalue weighted by Gasteiger charge is 2.57. The SMILES string of the molecule is Cc1ccc(-c2nnn(CC3CC3(F)F)n2)cc1NC(=O)c1cnn2ccc(Br)cc12. The first-order valence-electron chi connectivity index (χ1n) is 9.51. The van der Waals surface area contributed by atoms with Gasteiger partial charge < -0.3 is 5.32 Å². The van der Waals surface area contributed by atoms with Gasteiger partial charge in [0.2, 0.25) is 5.82 Å². The Labute approximate surface area is 183 Å². The number of alkyl halides is 2. The molecule has 31 heavy (non-hydrogen) atoms. The van der Waals surface area contributed by atoms with E-state index in [-0.39, 0.29) is 18.9 Å². The van der Waals surface area contributed by atoms with Crippen molar-refractivity contribution in [3.8, 4) is 11.4 Å². The molecule has 1 unspecified atom stereocenters. The van der Waals surface area contributed by atoms with Gasteiger partial charge in [-0.2, -0.15) is 9.90 Å². The van der Waals surface area contributed by atoms with Crippen molar-refractivity contribution in [2.45, 2.75) is 25.8 Å². The Kier molecular flexibility index (Phi) is 4.58. The lowest BCUT2D eigenvalue weighted by atomic mass is 10.1. The summed E-state index contributed by atoms with van der Waals surface area (Å²) in [5.74, 6) is -3.38. The summed E-state index contributed by atoms with van der Waals surface area (Å²) >= 11 is 3.40. The number of hydrogen-bond donors (Lipinski definition) is 1. The molecule has 1 fully saturated rings. The normalized spacial score (nSPS) is 17.1. The largest absolute Gasteiger partial charge is 0.322 e. The number of carbonyl (C=O) groups excluding carboxylic acids is 1. The van der Waals surface area contributed by atoms with E-state index in [4.69, 9.17) is 0 Å². The number of hydrogen-bond acceptors (Lipinski definition) is 5. The number of aromatic nitrogens is 6. The van der Waals surface area contributed by atoms with Gasteiger partial charge in [0.1, 0.15) is 0 Å². The number of halogens is 3. The molecule has 1 atom stereocenters. The lowest BCUT2D eigenvalue weighted by Crippen LogP contribution is -2.12. The number of pyridine rings is 1. The van der Waals surface area contributed by atoms with E-state index in [0.29, 0.717) is 28.2 Å². The molecule has 3 heterocycles. The van der Waals surface area contributed by atoms with E-state index >= 15 is 0 Å². The fraction of sp³-hybridized carbons (Fsp3) is 0.250. The minimum absolute atomic E-state index is 0.0275. The third-order valence-corrected chi connectivity index (χ3v) is 5.76. The maximum absolute atomic E-state index is 13.1. The van der Waals surface area contributed by atoms with E-state index in [1.807, 2.05) is 25.1 Å². The predicted molar refractivity (Wildman–Crippen MR) is 112 cm³/mol. The number of anilines is 1. The zero-order chi connectivity index (χ0) is 21.8. The predicted octanol–water partition coefficient (Wildman–Crippen LogP) is 3.97. The molecular weight excluding hydrogens is 472 g/mol. The minimum atomic E-state index is -2.64. The number of nitrogens with zero attached hydrogens (tertiary/aromatic N) is 6. The average Bonchev–Trinajstić information content (AvgIpc) is 3.08. The van der Waals surface area contributed by atoms with Crippen LogP contribution in [0.1, 0.15) is 22.3 Å². The number of rotatable bonds is 5. The van der Waals surface area contributed by atoms with Crippen LogP contribution >= 0.6 is 15.9 Å². The van der Waals surface area contributed by atoms with Crippen LogP contribution in [0.25, 0.3) is 16.9 Å². The number of nitrogens with one attached hydrogen (secondary N) is 1. The van der Waals surface area contributed by atoms with E-state index in [0.717, 1.165) is 10.0 Å². The Balaban J connectivity index is 1.38. The number of benzene rings is 1. The van der Waals surface area contributed by atoms with Gasteiger partial charge >= 0.3 is 0 Å². The van der Waals surface area contributed by atoms with Crippen LogP contribution in [0.4, 0.5) is 14.5 Å². The molecule has 1 N–H and O–H groups in total. The summed E-state index contributed by atoms with van der Waals surface area (Å²) in [6.07, 6.45) is 3.12. The van der Waals surface area contributed by atoms with Crippen molar-refractivity contribution in [1.29, 1.82) is 0 Å². The topological polar surface area (TPSA) is 90.0 Å². The molecule has 0 spiro atoms. The van der Waals surface area contributed by atoms with Crippen molar-refractivity contribution < 1.29 is 13.6 Å². The molecular formula is C20H16BrF2N7O. The molecule has 3 aromatic heterocycles. The van der Waals surface area contributed by atoms with Gasteiger partial charge in [0.05, 0.1) is 23.8 Å². The third kappa shape index (κ3) is 3.80. The Bertz CT molecular complexity index is 1320. The smallest absolute Gasteiger partial charge is 0.259 e. The molecule has 5 rings (SSSR count). The second-order valence-corrected chi connectivity index (χ2v) is 8.46. The Morgan fingerprint density at radius 2 is 2.13 bits per heavy atom. The number of tetrazole rings is 1. The number of carbonyl (C=O) groups is 1. The van der Waals surface area contributed by atoms with Crippen molar-refractivity contribution >= 4 is 33.0 Å². The summed E-state index contributed by atoms with van der Waals surface area (Å²) in [5, 5.41) is 19.2. The van der Waals surface area contributed by atoms with Crippen molar-refractivity contribution in [2.24, 2.45) is 5.92 Å². The second kappa shape index (κ2) is 7.19. The molecule has 0 bridgehead atoms. The highest BCUT2D eigenvalue weighted by Crippen LogP contribution is 2.49. The Morgan fingerprint density at radius 1 is 1.32 bits per heavy atom. The Morgan fingerprint density at radius 3 is 2.90 bits per heavy atom. The summed E-state index contributed by atoms with van der Waals surface area (Å²) in [6, 6.07) is 9.01. The number of amides is 1. The first-order chi connectivity index (χ1) is 14.8. The number of aryl methyl sites for hydroxylation is 1. The highest BCUT2D eigenvalue weighted by molar-refractivity contribution is 9.10. The van der Waals surface area contributed by atoms with Crippen LogP contribution in [0.3, 0.4) is 0 Å². The van der Waals surface area contributed by atoms with Gasteiger partial charge in [-0.1, -0.05) is 28.1 Å². The molecule has 158 valence electrons. The molecule has 0 radical (unpaired) electrons. The van der Waals surface area contributed by atoms with Gasteiger partial charge in [-0.15, -0.1) is 10.2 Å². The maximum atomic E-state index is 13.1. The van der Waals surface area contributed by atoms with E-state index in [1.54, 1.807) is 22.8 Å². The number of fused-ring (bicyclic) bond motifs is 1. The van der Waals surface area contributed by atoms with Gasteiger partial charge in [-0.25, -0.2) is 13.3 Å². The summed E-state index contributed by atoms with van der Waals surface area (Å²) in [7, 11) is 0. The summed E-state index contributed by atoms with van der Waals surface area (Å²) in [5.41, 5.74) is 3.15.